The third-order valence-electron chi connectivity index (χ3n) is 5.45. The molecule has 0 bridgehead atoms. The number of hydrogen-bond acceptors (Lipinski definition) is 6. The Morgan fingerprint density at radius 1 is 1.25 bits per heavy atom. The first-order chi connectivity index (χ1) is 11.7. The molecule has 0 radical (unpaired) electrons. The average molecular weight is 330 g/mol. The number of morpholine rings is 1. The number of nitrogens with zero attached hydrogens (tertiary/aromatic N) is 6. The molecule has 2 fully saturated rings. The summed E-state index contributed by atoms with van der Waals surface area (Å²) < 4.78 is 7.69. The lowest BCUT2D eigenvalue weighted by Gasteiger charge is -2.48. The van der Waals surface area contributed by atoms with E-state index in [9.17, 15) is 0 Å². The lowest BCUT2D eigenvalue weighted by atomic mass is 10.0. The van der Waals surface area contributed by atoms with E-state index in [1.807, 2.05) is 0 Å². The van der Waals surface area contributed by atoms with Gasteiger partial charge in [0.1, 0.15) is 6.33 Å². The van der Waals surface area contributed by atoms with Gasteiger partial charge in [0.2, 0.25) is 5.65 Å². The molecule has 0 aromatic carbocycles. The van der Waals surface area contributed by atoms with Crippen LogP contribution in [0, 0.1) is 13.8 Å². The smallest absolute Gasteiger partial charge is 0.201 e. The molecule has 4 rings (SSSR count). The Morgan fingerprint density at radius 3 is 2.96 bits per heavy atom. The highest BCUT2D eigenvalue weighted by Gasteiger charge is 2.36. The molecule has 130 valence electrons. The summed E-state index contributed by atoms with van der Waals surface area (Å²) in [7, 11) is 0. The summed E-state index contributed by atoms with van der Waals surface area (Å²) in [6.45, 7) is 11.2. The van der Waals surface area contributed by atoms with E-state index in [1.165, 1.54) is 24.1 Å². The molecule has 2 aromatic rings. The summed E-state index contributed by atoms with van der Waals surface area (Å²) in [6.07, 6.45) is 4.12. The predicted octanol–water partition coefficient (Wildman–Crippen LogP) is 1.43. The van der Waals surface area contributed by atoms with E-state index in [2.05, 4.69) is 45.9 Å². The first kappa shape index (κ1) is 15.8. The lowest BCUT2D eigenvalue weighted by molar-refractivity contribution is -0.0557. The van der Waals surface area contributed by atoms with E-state index in [4.69, 9.17) is 4.74 Å². The van der Waals surface area contributed by atoms with E-state index in [-0.39, 0.29) is 0 Å². The molecular formula is C17H26N6O. The summed E-state index contributed by atoms with van der Waals surface area (Å²) in [5, 5.41) is 12.9. The van der Waals surface area contributed by atoms with Crippen molar-refractivity contribution in [2.24, 2.45) is 0 Å². The first-order valence-electron chi connectivity index (χ1n) is 8.94. The van der Waals surface area contributed by atoms with Crippen molar-refractivity contribution in [1.82, 2.24) is 24.7 Å². The highest BCUT2D eigenvalue weighted by Crippen LogP contribution is 2.30. The molecule has 0 aliphatic carbocycles. The largest absolute Gasteiger partial charge is 0.378 e. The molecule has 0 amide bonds. The summed E-state index contributed by atoms with van der Waals surface area (Å²) in [5.41, 5.74) is 4.26. The van der Waals surface area contributed by atoms with Gasteiger partial charge in [-0.15, -0.1) is 10.2 Å². The summed E-state index contributed by atoms with van der Waals surface area (Å²) in [6, 6.07) is 1.03. The van der Waals surface area contributed by atoms with Gasteiger partial charge in [0.05, 0.1) is 30.6 Å². The Kier molecular flexibility index (Phi) is 4.14. The van der Waals surface area contributed by atoms with Crippen LogP contribution in [0.3, 0.4) is 0 Å². The minimum atomic E-state index is 0.458. The SMILES string of the molecule is CCC[C@H]1COC[C@H]2CN(c3c(C)c(C)nn4cnnc34)CCN12. The minimum Gasteiger partial charge on any atom is -0.378 e. The van der Waals surface area contributed by atoms with Crippen molar-refractivity contribution < 1.29 is 4.74 Å². The Bertz CT molecular complexity index is 727. The van der Waals surface area contributed by atoms with Gasteiger partial charge in [-0.2, -0.15) is 9.61 Å². The highest BCUT2D eigenvalue weighted by molar-refractivity contribution is 5.72. The highest BCUT2D eigenvalue weighted by atomic mass is 16.5. The third-order valence-corrected chi connectivity index (χ3v) is 5.45. The lowest BCUT2D eigenvalue weighted by Crippen LogP contribution is -2.62. The molecule has 2 aliphatic rings. The molecule has 2 aromatic heterocycles. The zero-order valence-corrected chi connectivity index (χ0v) is 14.8. The maximum Gasteiger partial charge on any atom is 0.201 e. The molecule has 0 unspecified atom stereocenters. The first-order valence-corrected chi connectivity index (χ1v) is 8.94. The van der Waals surface area contributed by atoms with Crippen LogP contribution in [0.25, 0.3) is 5.65 Å². The van der Waals surface area contributed by atoms with Gasteiger partial charge in [0, 0.05) is 25.7 Å². The number of aromatic nitrogens is 4. The Balaban J connectivity index is 1.63. The van der Waals surface area contributed by atoms with Crippen LogP contribution >= 0.6 is 0 Å². The fraction of sp³-hybridized carbons (Fsp3) is 0.706. The van der Waals surface area contributed by atoms with Gasteiger partial charge < -0.3 is 9.64 Å². The molecule has 4 heterocycles. The van der Waals surface area contributed by atoms with Crippen molar-refractivity contribution in [2.45, 2.75) is 45.7 Å². The van der Waals surface area contributed by atoms with Gasteiger partial charge in [-0.05, 0) is 25.8 Å². The van der Waals surface area contributed by atoms with Crippen molar-refractivity contribution in [2.75, 3.05) is 37.7 Å². The Labute approximate surface area is 142 Å². The molecule has 0 saturated carbocycles. The Hall–Kier alpha value is -1.73. The van der Waals surface area contributed by atoms with Crippen LogP contribution in [0.1, 0.15) is 31.0 Å². The number of fused-ring (bicyclic) bond motifs is 2. The fourth-order valence-electron chi connectivity index (χ4n) is 4.13. The molecule has 0 N–H and O–H groups in total. The number of hydrogen-bond donors (Lipinski definition) is 0. The summed E-state index contributed by atoms with van der Waals surface area (Å²) >= 11 is 0. The molecule has 0 spiro atoms. The van der Waals surface area contributed by atoms with Crippen molar-refractivity contribution >= 4 is 11.3 Å². The summed E-state index contributed by atoms with van der Waals surface area (Å²) in [5.74, 6) is 0. The van der Waals surface area contributed by atoms with E-state index >= 15 is 0 Å². The Morgan fingerprint density at radius 2 is 2.12 bits per heavy atom. The predicted molar refractivity (Wildman–Crippen MR) is 92.5 cm³/mol. The maximum atomic E-state index is 5.90. The van der Waals surface area contributed by atoms with E-state index in [1.54, 1.807) is 10.8 Å². The molecular weight excluding hydrogens is 304 g/mol. The van der Waals surface area contributed by atoms with Crippen molar-refractivity contribution in [3.63, 3.8) is 0 Å². The second-order valence-corrected chi connectivity index (χ2v) is 6.98. The topological polar surface area (TPSA) is 58.8 Å². The van der Waals surface area contributed by atoms with Gasteiger partial charge >= 0.3 is 0 Å². The summed E-state index contributed by atoms with van der Waals surface area (Å²) in [4.78, 5) is 5.11. The number of ether oxygens (including phenoxy) is 1. The number of rotatable bonds is 3. The van der Waals surface area contributed by atoms with Gasteiger partial charge in [-0.1, -0.05) is 13.3 Å². The van der Waals surface area contributed by atoms with E-state index in [0.717, 1.165) is 44.2 Å². The zero-order chi connectivity index (χ0) is 16.7. The van der Waals surface area contributed by atoms with Crippen LogP contribution in [0.2, 0.25) is 0 Å². The van der Waals surface area contributed by atoms with Gasteiger partial charge in [0.25, 0.3) is 0 Å². The van der Waals surface area contributed by atoms with Crippen LogP contribution < -0.4 is 4.90 Å². The molecule has 2 atom stereocenters. The standard InChI is InChI=1S/C17H26N6O/c1-4-5-14-9-24-10-15-8-21(6-7-22(14)15)16-12(2)13(3)20-23-11-18-19-17(16)23/h11,14-15H,4-10H2,1-3H3/t14-,15+/m0/s1. The zero-order valence-electron chi connectivity index (χ0n) is 14.8. The molecule has 7 heteroatoms. The van der Waals surface area contributed by atoms with Gasteiger partial charge in [-0.3, -0.25) is 4.90 Å². The molecule has 7 nitrogen and oxygen atoms in total. The van der Waals surface area contributed by atoms with E-state index < -0.39 is 0 Å². The second kappa shape index (κ2) is 6.29. The average Bonchev–Trinajstić information content (AvgIpc) is 3.03. The van der Waals surface area contributed by atoms with Crippen molar-refractivity contribution in [3.8, 4) is 0 Å². The molecule has 24 heavy (non-hydrogen) atoms. The van der Waals surface area contributed by atoms with Crippen molar-refractivity contribution in [1.29, 1.82) is 0 Å². The number of aryl methyl sites for hydroxylation is 1. The van der Waals surface area contributed by atoms with Gasteiger partial charge in [-0.25, -0.2) is 0 Å². The molecule has 2 saturated heterocycles. The van der Waals surface area contributed by atoms with E-state index in [0.29, 0.717) is 12.1 Å². The quantitative estimate of drug-likeness (QED) is 0.848. The van der Waals surface area contributed by atoms with Crippen LogP contribution in [-0.4, -0.2) is 69.6 Å². The number of piperazine rings is 1. The van der Waals surface area contributed by atoms with Crippen LogP contribution in [-0.2, 0) is 4.74 Å². The van der Waals surface area contributed by atoms with Gasteiger partial charge in [0.15, 0.2) is 0 Å². The number of anilines is 1. The van der Waals surface area contributed by atoms with Crippen molar-refractivity contribution in [3.05, 3.63) is 17.6 Å². The van der Waals surface area contributed by atoms with Crippen LogP contribution in [0.15, 0.2) is 6.33 Å². The maximum absolute atomic E-state index is 5.90. The minimum absolute atomic E-state index is 0.458. The fourth-order valence-corrected chi connectivity index (χ4v) is 4.13. The molecule has 2 aliphatic heterocycles. The second-order valence-electron chi connectivity index (χ2n) is 6.98. The third kappa shape index (κ3) is 2.56. The van der Waals surface area contributed by atoms with Crippen LogP contribution in [0.4, 0.5) is 5.69 Å². The van der Waals surface area contributed by atoms with Crippen LogP contribution in [0.5, 0.6) is 0 Å². The normalized spacial score (nSPS) is 25.2. The monoisotopic (exact) mass is 330 g/mol.